The standard InChI is InChI=1S/C6H11BrN2O2/c1-6(2,7)5(11)9-3-4(8)10/h3H2,1-2H3,(H2,8,10)(H,9,11). The SMILES string of the molecule is CC(C)(Br)C(=O)NCC(N)=O. The normalized spacial score (nSPS) is 10.8. The van der Waals surface area contributed by atoms with Gasteiger partial charge in [0.25, 0.3) is 0 Å². The quantitative estimate of drug-likeness (QED) is 0.648. The molecule has 0 aromatic rings. The molecule has 0 aromatic heterocycles. The van der Waals surface area contributed by atoms with Crippen LogP contribution in [0.1, 0.15) is 13.8 Å². The lowest BCUT2D eigenvalue weighted by Crippen LogP contribution is -2.41. The van der Waals surface area contributed by atoms with Gasteiger partial charge in [-0.2, -0.15) is 0 Å². The van der Waals surface area contributed by atoms with Crippen molar-refractivity contribution >= 4 is 27.7 Å². The van der Waals surface area contributed by atoms with E-state index in [1.54, 1.807) is 13.8 Å². The zero-order chi connectivity index (χ0) is 9.07. The Kier molecular flexibility index (Phi) is 3.51. The van der Waals surface area contributed by atoms with E-state index in [2.05, 4.69) is 21.2 Å². The molecule has 0 unspecified atom stereocenters. The molecule has 0 fully saturated rings. The zero-order valence-corrected chi connectivity index (χ0v) is 8.06. The van der Waals surface area contributed by atoms with Crippen LogP contribution in [-0.2, 0) is 9.59 Å². The number of primary amides is 1. The molecule has 2 amide bonds. The zero-order valence-electron chi connectivity index (χ0n) is 6.48. The second-order valence-corrected chi connectivity index (χ2v) is 4.60. The summed E-state index contributed by atoms with van der Waals surface area (Å²) in [6.45, 7) is 3.25. The first-order chi connectivity index (χ1) is 4.84. The van der Waals surface area contributed by atoms with E-state index < -0.39 is 10.2 Å². The van der Waals surface area contributed by atoms with Crippen molar-refractivity contribution in [3.05, 3.63) is 0 Å². The van der Waals surface area contributed by atoms with Crippen molar-refractivity contribution < 1.29 is 9.59 Å². The van der Waals surface area contributed by atoms with Crippen LogP contribution in [0, 0.1) is 0 Å². The molecular weight excluding hydrogens is 212 g/mol. The molecule has 0 rings (SSSR count). The number of halogens is 1. The van der Waals surface area contributed by atoms with E-state index in [0.29, 0.717) is 0 Å². The van der Waals surface area contributed by atoms with Gasteiger partial charge in [0.1, 0.15) is 0 Å². The van der Waals surface area contributed by atoms with Gasteiger partial charge in [-0.1, -0.05) is 15.9 Å². The Morgan fingerprint density at radius 1 is 1.55 bits per heavy atom. The maximum atomic E-state index is 11.0. The molecule has 5 heteroatoms. The second kappa shape index (κ2) is 3.71. The molecule has 3 N–H and O–H groups in total. The van der Waals surface area contributed by atoms with Crippen molar-refractivity contribution in [3.63, 3.8) is 0 Å². The van der Waals surface area contributed by atoms with Crippen LogP contribution in [0.2, 0.25) is 0 Å². The summed E-state index contributed by atoms with van der Waals surface area (Å²) in [5, 5.41) is 2.36. The van der Waals surface area contributed by atoms with Crippen molar-refractivity contribution in [3.8, 4) is 0 Å². The molecule has 0 bridgehead atoms. The Labute approximate surface area is 73.6 Å². The van der Waals surface area contributed by atoms with Crippen LogP contribution in [0.4, 0.5) is 0 Å². The van der Waals surface area contributed by atoms with Gasteiger partial charge in [-0.25, -0.2) is 0 Å². The Morgan fingerprint density at radius 2 is 2.00 bits per heavy atom. The van der Waals surface area contributed by atoms with E-state index in [4.69, 9.17) is 5.73 Å². The number of carbonyl (C=O) groups excluding carboxylic acids is 2. The average Bonchev–Trinajstić information content (AvgIpc) is 1.80. The van der Waals surface area contributed by atoms with E-state index in [1.165, 1.54) is 0 Å². The molecule has 0 aliphatic heterocycles. The van der Waals surface area contributed by atoms with Gasteiger partial charge in [-0.15, -0.1) is 0 Å². The monoisotopic (exact) mass is 222 g/mol. The number of nitrogens with two attached hydrogens (primary N) is 1. The molecule has 11 heavy (non-hydrogen) atoms. The van der Waals surface area contributed by atoms with Gasteiger partial charge in [-0.3, -0.25) is 9.59 Å². The number of amides is 2. The number of carbonyl (C=O) groups is 2. The Bertz CT molecular complexity index is 174. The van der Waals surface area contributed by atoms with Crippen LogP contribution < -0.4 is 11.1 Å². The molecule has 0 saturated heterocycles. The summed E-state index contributed by atoms with van der Waals surface area (Å²) in [5.74, 6) is -0.800. The lowest BCUT2D eigenvalue weighted by molar-refractivity contribution is -0.125. The summed E-state index contributed by atoms with van der Waals surface area (Å²) in [5.41, 5.74) is 4.82. The van der Waals surface area contributed by atoms with Crippen molar-refractivity contribution in [1.29, 1.82) is 0 Å². The summed E-state index contributed by atoms with van der Waals surface area (Å²) >= 11 is 3.13. The molecule has 0 aliphatic carbocycles. The van der Waals surface area contributed by atoms with Gasteiger partial charge < -0.3 is 11.1 Å². The first-order valence-corrected chi connectivity index (χ1v) is 3.89. The third-order valence-electron chi connectivity index (χ3n) is 0.963. The highest BCUT2D eigenvalue weighted by Gasteiger charge is 2.23. The van der Waals surface area contributed by atoms with Gasteiger partial charge in [-0.05, 0) is 13.8 Å². The molecule has 0 saturated carbocycles. The van der Waals surface area contributed by atoms with E-state index in [-0.39, 0.29) is 12.5 Å². The van der Waals surface area contributed by atoms with Crippen LogP contribution in [0.3, 0.4) is 0 Å². The van der Waals surface area contributed by atoms with Gasteiger partial charge in [0.15, 0.2) is 0 Å². The summed E-state index contributed by atoms with van der Waals surface area (Å²) in [6, 6.07) is 0. The highest BCUT2D eigenvalue weighted by molar-refractivity contribution is 9.10. The summed E-state index contributed by atoms with van der Waals surface area (Å²) in [7, 11) is 0. The fourth-order valence-corrected chi connectivity index (χ4v) is 0.518. The molecule has 0 heterocycles. The van der Waals surface area contributed by atoms with Gasteiger partial charge in [0.05, 0.1) is 10.9 Å². The number of hydrogen-bond donors (Lipinski definition) is 2. The lowest BCUT2D eigenvalue weighted by Gasteiger charge is -2.14. The number of nitrogens with one attached hydrogen (secondary N) is 1. The number of rotatable bonds is 3. The minimum absolute atomic E-state index is 0.117. The average molecular weight is 223 g/mol. The van der Waals surface area contributed by atoms with Crippen LogP contribution in [0.15, 0.2) is 0 Å². The van der Waals surface area contributed by atoms with Crippen molar-refractivity contribution in [2.24, 2.45) is 5.73 Å². The minimum Gasteiger partial charge on any atom is -0.368 e. The number of alkyl halides is 1. The molecule has 0 atom stereocenters. The highest BCUT2D eigenvalue weighted by atomic mass is 79.9. The molecule has 0 aromatic carbocycles. The minimum atomic E-state index is -0.650. The summed E-state index contributed by atoms with van der Waals surface area (Å²) < 4.78 is -0.650. The Hall–Kier alpha value is -0.580. The second-order valence-electron chi connectivity index (χ2n) is 2.62. The van der Waals surface area contributed by atoms with Gasteiger partial charge in [0, 0.05) is 0 Å². The van der Waals surface area contributed by atoms with Crippen molar-refractivity contribution in [2.45, 2.75) is 18.2 Å². The molecular formula is C6H11BrN2O2. The largest absolute Gasteiger partial charge is 0.368 e. The van der Waals surface area contributed by atoms with Gasteiger partial charge in [0.2, 0.25) is 11.8 Å². The van der Waals surface area contributed by atoms with Crippen molar-refractivity contribution in [1.82, 2.24) is 5.32 Å². The third kappa shape index (κ3) is 4.78. The highest BCUT2D eigenvalue weighted by Crippen LogP contribution is 2.14. The van der Waals surface area contributed by atoms with Crippen LogP contribution in [0.25, 0.3) is 0 Å². The first kappa shape index (κ1) is 10.4. The van der Waals surface area contributed by atoms with E-state index in [1.807, 2.05) is 0 Å². The Morgan fingerprint density at radius 3 is 2.27 bits per heavy atom. The van der Waals surface area contributed by atoms with E-state index >= 15 is 0 Å². The lowest BCUT2D eigenvalue weighted by atomic mass is 10.2. The molecule has 0 spiro atoms. The fourth-order valence-electron chi connectivity index (χ4n) is 0.378. The van der Waals surface area contributed by atoms with E-state index in [0.717, 1.165) is 0 Å². The molecule has 64 valence electrons. The Balaban J connectivity index is 3.80. The topological polar surface area (TPSA) is 72.2 Å². The first-order valence-electron chi connectivity index (χ1n) is 3.09. The third-order valence-corrected chi connectivity index (χ3v) is 1.32. The van der Waals surface area contributed by atoms with Crippen molar-refractivity contribution in [2.75, 3.05) is 6.54 Å². The predicted molar refractivity (Wildman–Crippen MR) is 45.2 cm³/mol. The maximum absolute atomic E-state index is 11.0. The summed E-state index contributed by atoms with van der Waals surface area (Å²) in [4.78, 5) is 21.2. The number of hydrogen-bond acceptors (Lipinski definition) is 2. The van der Waals surface area contributed by atoms with Crippen LogP contribution in [0.5, 0.6) is 0 Å². The van der Waals surface area contributed by atoms with Crippen LogP contribution in [-0.4, -0.2) is 22.7 Å². The molecule has 4 nitrogen and oxygen atoms in total. The maximum Gasteiger partial charge on any atom is 0.236 e. The van der Waals surface area contributed by atoms with Gasteiger partial charge >= 0.3 is 0 Å². The van der Waals surface area contributed by atoms with E-state index in [9.17, 15) is 9.59 Å². The summed E-state index contributed by atoms with van der Waals surface area (Å²) in [6.07, 6.45) is 0. The fraction of sp³-hybridized carbons (Fsp3) is 0.667. The predicted octanol–water partition coefficient (Wildman–Crippen LogP) is -0.239. The molecule has 0 radical (unpaired) electrons. The molecule has 0 aliphatic rings. The smallest absolute Gasteiger partial charge is 0.236 e. The van der Waals surface area contributed by atoms with Crippen LogP contribution >= 0.6 is 15.9 Å².